The van der Waals surface area contributed by atoms with Gasteiger partial charge in [0.1, 0.15) is 12.4 Å². The van der Waals surface area contributed by atoms with Crippen molar-refractivity contribution < 1.29 is 9.53 Å². The van der Waals surface area contributed by atoms with Crippen LogP contribution < -0.4 is 10.1 Å². The Morgan fingerprint density at radius 2 is 1.82 bits per heavy atom. The summed E-state index contributed by atoms with van der Waals surface area (Å²) in [5, 5.41) is 2.82. The third-order valence-electron chi connectivity index (χ3n) is 2.29. The first-order valence-corrected chi connectivity index (χ1v) is 5.56. The van der Waals surface area contributed by atoms with E-state index in [1.807, 2.05) is 32.9 Å². The van der Waals surface area contributed by atoms with Crippen LogP contribution in [0.15, 0.2) is 24.3 Å². The smallest absolute Gasteiger partial charge is 0.221 e. The summed E-state index contributed by atoms with van der Waals surface area (Å²) in [5.41, 5.74) is 3.83. The predicted molar refractivity (Wildman–Crippen MR) is 70.5 cm³/mol. The van der Waals surface area contributed by atoms with Crippen molar-refractivity contribution >= 4 is 11.6 Å². The lowest BCUT2D eigenvalue weighted by molar-refractivity contribution is -0.114. The molecule has 0 bridgehead atoms. The largest absolute Gasteiger partial charge is 0.489 e. The molecule has 17 heavy (non-hydrogen) atoms. The minimum atomic E-state index is -0.0631. The minimum absolute atomic E-state index is 0.0631. The average Bonchev–Trinajstić information content (AvgIpc) is 2.20. The summed E-state index contributed by atoms with van der Waals surface area (Å²) >= 11 is 0. The van der Waals surface area contributed by atoms with Gasteiger partial charge in [-0.1, -0.05) is 6.58 Å². The third kappa shape index (κ3) is 3.94. The van der Waals surface area contributed by atoms with Crippen molar-refractivity contribution in [3.63, 3.8) is 0 Å². The molecule has 0 aromatic heterocycles. The van der Waals surface area contributed by atoms with Gasteiger partial charge in [-0.15, -0.1) is 0 Å². The normalized spacial score (nSPS) is 9.88. The molecule has 1 rings (SSSR count). The van der Waals surface area contributed by atoms with E-state index in [-0.39, 0.29) is 5.91 Å². The summed E-state index contributed by atoms with van der Waals surface area (Å²) in [4.78, 5) is 11.1. The second kappa shape index (κ2) is 5.53. The standard InChI is InChI=1S/C14H19NO2/c1-9(2)8-17-13-6-10(3)14(11(4)7-13)15-12(5)16/h6-7H,1,8H2,2-5H3,(H,15,16). The second-order valence-electron chi connectivity index (χ2n) is 4.36. The summed E-state index contributed by atoms with van der Waals surface area (Å²) < 4.78 is 5.58. The van der Waals surface area contributed by atoms with Crippen LogP contribution in [0.3, 0.4) is 0 Å². The first-order valence-electron chi connectivity index (χ1n) is 5.56. The van der Waals surface area contributed by atoms with Gasteiger partial charge in [-0.25, -0.2) is 0 Å². The number of ether oxygens (including phenoxy) is 1. The van der Waals surface area contributed by atoms with E-state index in [0.29, 0.717) is 6.61 Å². The van der Waals surface area contributed by atoms with Crippen LogP contribution in [0.4, 0.5) is 5.69 Å². The van der Waals surface area contributed by atoms with E-state index in [9.17, 15) is 4.79 Å². The van der Waals surface area contributed by atoms with Crippen molar-refractivity contribution in [2.45, 2.75) is 27.7 Å². The fraction of sp³-hybridized carbons (Fsp3) is 0.357. The van der Waals surface area contributed by atoms with Crippen LogP contribution in [0.2, 0.25) is 0 Å². The van der Waals surface area contributed by atoms with E-state index in [2.05, 4.69) is 11.9 Å². The van der Waals surface area contributed by atoms with Gasteiger partial charge in [-0.05, 0) is 49.6 Å². The van der Waals surface area contributed by atoms with E-state index in [1.54, 1.807) is 0 Å². The van der Waals surface area contributed by atoms with Crippen LogP contribution in [0, 0.1) is 13.8 Å². The zero-order valence-corrected chi connectivity index (χ0v) is 10.9. The zero-order chi connectivity index (χ0) is 13.0. The number of carbonyl (C=O) groups excluding carboxylic acids is 1. The maximum atomic E-state index is 11.1. The molecule has 0 heterocycles. The number of amides is 1. The van der Waals surface area contributed by atoms with Gasteiger partial charge >= 0.3 is 0 Å². The minimum Gasteiger partial charge on any atom is -0.489 e. The number of carbonyl (C=O) groups is 1. The van der Waals surface area contributed by atoms with Crippen molar-refractivity contribution in [2.75, 3.05) is 11.9 Å². The van der Waals surface area contributed by atoms with Crippen LogP contribution in [-0.2, 0) is 4.79 Å². The Bertz CT molecular complexity index is 427. The van der Waals surface area contributed by atoms with Crippen molar-refractivity contribution in [1.29, 1.82) is 0 Å². The van der Waals surface area contributed by atoms with E-state index < -0.39 is 0 Å². The first-order chi connectivity index (χ1) is 7.90. The quantitative estimate of drug-likeness (QED) is 0.811. The molecule has 1 N–H and O–H groups in total. The lowest BCUT2D eigenvalue weighted by Gasteiger charge is -2.13. The highest BCUT2D eigenvalue weighted by Crippen LogP contribution is 2.26. The number of hydrogen-bond donors (Lipinski definition) is 1. The number of nitrogens with one attached hydrogen (secondary N) is 1. The molecule has 1 aromatic carbocycles. The Kier molecular flexibility index (Phi) is 4.32. The molecule has 0 saturated carbocycles. The monoisotopic (exact) mass is 233 g/mol. The van der Waals surface area contributed by atoms with Gasteiger partial charge in [0.15, 0.2) is 0 Å². The van der Waals surface area contributed by atoms with Gasteiger partial charge < -0.3 is 10.1 Å². The van der Waals surface area contributed by atoms with E-state index in [1.165, 1.54) is 6.92 Å². The Morgan fingerprint density at radius 1 is 1.29 bits per heavy atom. The number of hydrogen-bond acceptors (Lipinski definition) is 2. The van der Waals surface area contributed by atoms with Crippen molar-refractivity contribution in [3.8, 4) is 5.75 Å². The van der Waals surface area contributed by atoms with E-state index in [0.717, 1.165) is 28.1 Å². The Balaban J connectivity index is 2.92. The highest BCUT2D eigenvalue weighted by Gasteiger charge is 2.07. The van der Waals surface area contributed by atoms with Crippen LogP contribution in [0.5, 0.6) is 5.75 Å². The summed E-state index contributed by atoms with van der Waals surface area (Å²) in [6, 6.07) is 3.84. The molecule has 0 fully saturated rings. The predicted octanol–water partition coefficient (Wildman–Crippen LogP) is 3.22. The Labute approximate surface area is 102 Å². The molecule has 1 aromatic rings. The van der Waals surface area contributed by atoms with Crippen molar-refractivity contribution in [2.24, 2.45) is 0 Å². The molecule has 3 heteroatoms. The topological polar surface area (TPSA) is 38.3 Å². The number of aryl methyl sites for hydroxylation is 2. The summed E-state index contributed by atoms with van der Waals surface area (Å²) in [6.07, 6.45) is 0. The van der Waals surface area contributed by atoms with Crippen molar-refractivity contribution in [1.82, 2.24) is 0 Å². The van der Waals surface area contributed by atoms with Gasteiger partial charge in [0.05, 0.1) is 0 Å². The van der Waals surface area contributed by atoms with Crippen molar-refractivity contribution in [3.05, 3.63) is 35.4 Å². The molecule has 0 aliphatic rings. The highest BCUT2D eigenvalue weighted by molar-refractivity contribution is 5.90. The molecular formula is C14H19NO2. The zero-order valence-electron chi connectivity index (χ0n) is 10.9. The summed E-state index contributed by atoms with van der Waals surface area (Å²) in [7, 11) is 0. The maximum absolute atomic E-state index is 11.1. The molecule has 0 aliphatic heterocycles. The summed E-state index contributed by atoms with van der Waals surface area (Å²) in [5.74, 6) is 0.740. The molecule has 0 atom stereocenters. The number of benzene rings is 1. The van der Waals surface area contributed by atoms with Gasteiger partial charge in [-0.2, -0.15) is 0 Å². The molecule has 0 unspecified atom stereocenters. The van der Waals surface area contributed by atoms with E-state index in [4.69, 9.17) is 4.74 Å². The fourth-order valence-electron chi connectivity index (χ4n) is 1.59. The van der Waals surface area contributed by atoms with Crippen LogP contribution in [0.25, 0.3) is 0 Å². The molecule has 0 spiro atoms. The molecule has 0 aliphatic carbocycles. The third-order valence-corrected chi connectivity index (χ3v) is 2.29. The van der Waals surface area contributed by atoms with Gasteiger partial charge in [0.25, 0.3) is 0 Å². The SMILES string of the molecule is C=C(C)COc1cc(C)c(NC(C)=O)c(C)c1. The Morgan fingerprint density at radius 3 is 2.24 bits per heavy atom. The lowest BCUT2D eigenvalue weighted by Crippen LogP contribution is -2.09. The van der Waals surface area contributed by atoms with E-state index >= 15 is 0 Å². The fourth-order valence-corrected chi connectivity index (χ4v) is 1.59. The van der Waals surface area contributed by atoms with Gasteiger partial charge in [0.2, 0.25) is 5.91 Å². The molecular weight excluding hydrogens is 214 g/mol. The van der Waals surface area contributed by atoms with Gasteiger partial charge in [0, 0.05) is 12.6 Å². The summed E-state index contributed by atoms with van der Waals surface area (Å²) in [6.45, 7) is 11.6. The Hall–Kier alpha value is -1.77. The second-order valence-corrected chi connectivity index (χ2v) is 4.36. The number of anilines is 1. The number of rotatable bonds is 4. The van der Waals surface area contributed by atoms with Gasteiger partial charge in [-0.3, -0.25) is 4.79 Å². The molecule has 0 saturated heterocycles. The van der Waals surface area contributed by atoms with Crippen LogP contribution in [0.1, 0.15) is 25.0 Å². The highest BCUT2D eigenvalue weighted by atomic mass is 16.5. The molecule has 0 radical (unpaired) electrons. The first kappa shape index (κ1) is 13.3. The molecule has 92 valence electrons. The maximum Gasteiger partial charge on any atom is 0.221 e. The molecule has 1 amide bonds. The van der Waals surface area contributed by atoms with Crippen LogP contribution in [-0.4, -0.2) is 12.5 Å². The lowest BCUT2D eigenvalue weighted by atomic mass is 10.1. The average molecular weight is 233 g/mol. The van der Waals surface area contributed by atoms with Crippen LogP contribution >= 0.6 is 0 Å². The molecule has 3 nitrogen and oxygen atoms in total.